The van der Waals surface area contributed by atoms with Gasteiger partial charge >= 0.3 is 0 Å². The van der Waals surface area contributed by atoms with E-state index in [1.165, 1.54) is 0 Å². The fourth-order valence-electron chi connectivity index (χ4n) is 0.595. The van der Waals surface area contributed by atoms with Crippen LogP contribution in [0.3, 0.4) is 0 Å². The highest BCUT2D eigenvalue weighted by atomic mass is 79.9. The molecular weight excluding hydrogens is 180 g/mol. The first-order valence-electron chi connectivity index (χ1n) is 2.57. The van der Waals surface area contributed by atoms with Crippen LogP contribution in [0.15, 0.2) is 22.7 Å². The minimum Gasteiger partial charge on any atom is -0.399 e. The van der Waals surface area contributed by atoms with Gasteiger partial charge in [0.2, 0.25) is 0 Å². The molecule has 0 unspecified atom stereocenters. The molecule has 0 aromatic heterocycles. The second kappa shape index (κ2) is 2.37. The van der Waals surface area contributed by atoms with E-state index in [1.54, 1.807) is 0 Å². The fourth-order valence-corrected chi connectivity index (χ4v) is 0.841. The lowest BCUT2D eigenvalue weighted by atomic mass is 10.3. The second-order valence-electron chi connectivity index (χ2n) is 1.85. The zero-order valence-corrected chi connectivity index (χ0v) is 6.48. The molecule has 2 nitrogen and oxygen atoms in total. The number of hydrogen-bond acceptors (Lipinski definition) is 1. The molecule has 3 heteroatoms. The third-order valence-electron chi connectivity index (χ3n) is 1.07. The molecule has 1 rings (SSSR count). The van der Waals surface area contributed by atoms with E-state index in [2.05, 4.69) is 21.7 Å². The highest BCUT2D eigenvalue weighted by molar-refractivity contribution is 9.10. The highest BCUT2D eigenvalue weighted by Gasteiger charge is 1.96. The summed E-state index contributed by atoms with van der Waals surface area (Å²) < 4.78 is 0.997. The predicted molar refractivity (Wildman–Crippen MR) is 41.1 cm³/mol. The molecule has 0 radical (unpaired) electrons. The van der Waals surface area contributed by atoms with Gasteiger partial charge in [0.25, 0.3) is 0 Å². The van der Waals surface area contributed by atoms with Gasteiger partial charge in [-0.1, -0.05) is 0 Å². The average molecular weight is 188 g/mol. The standard InChI is InChI=1S/C6H7BrN2/c7-5-2-1-4(8)3-6(5)9/h1-3H,8-9H2/p+1. The van der Waals surface area contributed by atoms with Crippen molar-refractivity contribution in [1.29, 1.82) is 0 Å². The van der Waals surface area contributed by atoms with E-state index >= 15 is 0 Å². The normalized spacial score (nSPS) is 9.56. The topological polar surface area (TPSA) is 53.7 Å². The van der Waals surface area contributed by atoms with E-state index in [-0.39, 0.29) is 0 Å². The molecule has 0 spiro atoms. The molecule has 0 aliphatic rings. The number of hydrogen-bond donors (Lipinski definition) is 2. The van der Waals surface area contributed by atoms with E-state index in [0.29, 0.717) is 0 Å². The zero-order chi connectivity index (χ0) is 6.85. The first-order chi connectivity index (χ1) is 4.20. The Morgan fingerprint density at radius 3 is 2.56 bits per heavy atom. The summed E-state index contributed by atoms with van der Waals surface area (Å²) in [6.07, 6.45) is 0. The van der Waals surface area contributed by atoms with E-state index in [9.17, 15) is 0 Å². The molecule has 0 fully saturated rings. The second-order valence-corrected chi connectivity index (χ2v) is 2.71. The fraction of sp³-hybridized carbons (Fsp3) is 0. The van der Waals surface area contributed by atoms with Crippen LogP contribution in [-0.2, 0) is 0 Å². The molecule has 5 N–H and O–H groups in total. The van der Waals surface area contributed by atoms with Gasteiger partial charge in [0.05, 0.1) is 4.47 Å². The van der Waals surface area contributed by atoms with Gasteiger partial charge in [0.15, 0.2) is 0 Å². The first kappa shape index (κ1) is 6.58. The van der Waals surface area contributed by atoms with Gasteiger partial charge in [-0.15, -0.1) is 0 Å². The Hall–Kier alpha value is -0.540. The van der Waals surface area contributed by atoms with Crippen molar-refractivity contribution < 1.29 is 5.73 Å². The van der Waals surface area contributed by atoms with Crippen LogP contribution in [-0.4, -0.2) is 0 Å². The van der Waals surface area contributed by atoms with Crippen LogP contribution in [0.2, 0.25) is 0 Å². The summed E-state index contributed by atoms with van der Waals surface area (Å²) in [5.41, 5.74) is 10.9. The molecular formula is C6H8BrN2+. The van der Waals surface area contributed by atoms with Crippen molar-refractivity contribution in [2.75, 3.05) is 5.73 Å². The smallest absolute Gasteiger partial charge is 0.144 e. The minimum atomic E-state index is 0.753. The van der Waals surface area contributed by atoms with E-state index in [1.807, 2.05) is 18.2 Å². The van der Waals surface area contributed by atoms with Crippen molar-refractivity contribution in [2.24, 2.45) is 0 Å². The summed E-state index contributed by atoms with van der Waals surface area (Å²) in [5, 5.41) is 0. The van der Waals surface area contributed by atoms with Gasteiger partial charge < -0.3 is 11.5 Å². The summed E-state index contributed by atoms with van der Waals surface area (Å²) in [5.74, 6) is 0. The molecule has 48 valence electrons. The molecule has 0 aliphatic heterocycles. The number of rotatable bonds is 0. The third kappa shape index (κ3) is 1.43. The van der Waals surface area contributed by atoms with E-state index < -0.39 is 0 Å². The highest BCUT2D eigenvalue weighted by Crippen LogP contribution is 2.19. The quantitative estimate of drug-likeness (QED) is 0.584. The zero-order valence-electron chi connectivity index (χ0n) is 4.89. The van der Waals surface area contributed by atoms with E-state index in [4.69, 9.17) is 5.73 Å². The summed E-state index contributed by atoms with van der Waals surface area (Å²) in [4.78, 5) is 0. The average Bonchev–Trinajstić information content (AvgIpc) is 1.80. The van der Waals surface area contributed by atoms with Crippen LogP contribution in [0.25, 0.3) is 0 Å². The maximum atomic E-state index is 5.47. The molecule has 0 heterocycles. The van der Waals surface area contributed by atoms with Crippen molar-refractivity contribution >= 4 is 27.3 Å². The third-order valence-corrected chi connectivity index (χ3v) is 1.84. The lowest BCUT2D eigenvalue weighted by Gasteiger charge is -1.93. The summed E-state index contributed by atoms with van der Waals surface area (Å²) in [7, 11) is 0. The Morgan fingerprint density at radius 1 is 1.44 bits per heavy atom. The molecule has 0 saturated heterocycles. The monoisotopic (exact) mass is 187 g/mol. The van der Waals surface area contributed by atoms with Crippen LogP contribution in [0, 0.1) is 0 Å². The van der Waals surface area contributed by atoms with Crippen LogP contribution >= 0.6 is 15.9 Å². The van der Waals surface area contributed by atoms with Crippen LogP contribution in [0.4, 0.5) is 11.4 Å². The molecule has 1 aromatic carbocycles. The molecule has 0 atom stereocenters. The van der Waals surface area contributed by atoms with Gasteiger partial charge in [-0.3, -0.25) is 0 Å². The summed E-state index contributed by atoms with van der Waals surface area (Å²) >= 11 is 3.31. The maximum absolute atomic E-state index is 5.47. The van der Waals surface area contributed by atoms with Crippen LogP contribution < -0.4 is 11.5 Å². The maximum Gasteiger partial charge on any atom is 0.144 e. The number of anilines is 1. The lowest BCUT2D eigenvalue weighted by molar-refractivity contribution is -0.255. The molecule has 0 bridgehead atoms. The number of benzene rings is 1. The summed E-state index contributed by atoms with van der Waals surface area (Å²) in [6.45, 7) is 0. The number of halogens is 1. The largest absolute Gasteiger partial charge is 0.399 e. The van der Waals surface area contributed by atoms with Crippen LogP contribution in [0.5, 0.6) is 0 Å². The van der Waals surface area contributed by atoms with Gasteiger partial charge in [0, 0.05) is 11.8 Å². The van der Waals surface area contributed by atoms with Crippen molar-refractivity contribution in [3.63, 3.8) is 0 Å². The first-order valence-corrected chi connectivity index (χ1v) is 3.36. The number of nitrogen functional groups attached to an aromatic ring is 1. The Labute approximate surface area is 62.0 Å². The number of nitrogens with two attached hydrogens (primary N) is 1. The van der Waals surface area contributed by atoms with Gasteiger partial charge in [-0.05, 0) is 28.1 Å². The van der Waals surface area contributed by atoms with Gasteiger partial charge in [-0.2, -0.15) is 0 Å². The minimum absolute atomic E-state index is 0.753. The van der Waals surface area contributed by atoms with Crippen molar-refractivity contribution in [3.05, 3.63) is 22.7 Å². The van der Waals surface area contributed by atoms with Crippen molar-refractivity contribution in [1.82, 2.24) is 0 Å². The van der Waals surface area contributed by atoms with Gasteiger partial charge in [0.1, 0.15) is 5.69 Å². The Balaban J connectivity index is 3.17. The molecule has 0 aliphatic carbocycles. The molecule has 1 aromatic rings. The molecule has 0 amide bonds. The molecule has 9 heavy (non-hydrogen) atoms. The van der Waals surface area contributed by atoms with Gasteiger partial charge in [-0.25, -0.2) is 0 Å². The summed E-state index contributed by atoms with van der Waals surface area (Å²) in [6, 6.07) is 5.54. The number of quaternary nitrogens is 1. The predicted octanol–water partition coefficient (Wildman–Crippen LogP) is 0.905. The van der Waals surface area contributed by atoms with Crippen molar-refractivity contribution in [2.45, 2.75) is 0 Å². The Morgan fingerprint density at radius 2 is 2.11 bits per heavy atom. The molecule has 0 saturated carbocycles. The lowest BCUT2D eigenvalue weighted by Crippen LogP contribution is -2.40. The van der Waals surface area contributed by atoms with Crippen molar-refractivity contribution in [3.8, 4) is 0 Å². The van der Waals surface area contributed by atoms with Crippen LogP contribution in [0.1, 0.15) is 0 Å². The Kier molecular flexibility index (Phi) is 1.73. The Bertz CT molecular complexity index is 222. The SMILES string of the molecule is Nc1ccc(Br)c([NH3+])c1. The van der Waals surface area contributed by atoms with E-state index in [0.717, 1.165) is 15.8 Å².